The van der Waals surface area contributed by atoms with Gasteiger partial charge in [0.1, 0.15) is 12.5 Å². The molecule has 1 fully saturated rings. The van der Waals surface area contributed by atoms with Crippen molar-refractivity contribution >= 4 is 28.4 Å². The minimum absolute atomic E-state index is 0.0305. The molecule has 0 saturated carbocycles. The molecule has 46 heavy (non-hydrogen) atoms. The maximum atomic E-state index is 14.8. The number of aromatic amines is 1. The molecule has 6 aromatic rings. The number of H-pyrrole nitrogens is 1. The lowest BCUT2D eigenvalue weighted by molar-refractivity contribution is -0.130. The molecule has 0 radical (unpaired) electrons. The Bertz CT molecular complexity index is 2030. The van der Waals surface area contributed by atoms with Crippen molar-refractivity contribution in [1.82, 2.24) is 24.6 Å². The second kappa shape index (κ2) is 11.8. The second-order valence-electron chi connectivity index (χ2n) is 12.3. The summed E-state index contributed by atoms with van der Waals surface area (Å²) in [6.45, 7) is 1.36. The summed E-state index contributed by atoms with van der Waals surface area (Å²) in [4.78, 5) is 35.7. The Balaban J connectivity index is 1.17. The predicted molar refractivity (Wildman–Crippen MR) is 179 cm³/mol. The van der Waals surface area contributed by atoms with Gasteiger partial charge in [-0.1, -0.05) is 91.0 Å². The van der Waals surface area contributed by atoms with Crippen molar-refractivity contribution < 1.29 is 9.59 Å². The Morgan fingerprint density at radius 3 is 2.35 bits per heavy atom. The van der Waals surface area contributed by atoms with Crippen molar-refractivity contribution in [2.45, 2.75) is 25.2 Å². The van der Waals surface area contributed by atoms with Gasteiger partial charge in [-0.15, -0.1) is 10.2 Å². The largest absolute Gasteiger partial charge is 0.361 e. The van der Waals surface area contributed by atoms with Crippen LogP contribution in [0.15, 0.2) is 115 Å². The van der Waals surface area contributed by atoms with E-state index in [0.29, 0.717) is 42.8 Å². The lowest BCUT2D eigenvalue weighted by Gasteiger charge is -2.27. The van der Waals surface area contributed by atoms with Gasteiger partial charge in [0, 0.05) is 35.8 Å². The molecule has 0 aliphatic carbocycles. The summed E-state index contributed by atoms with van der Waals surface area (Å²) in [5, 5.41) is 10.4. The van der Waals surface area contributed by atoms with E-state index in [1.807, 2.05) is 94.5 Å². The lowest BCUT2D eigenvalue weighted by atomic mass is 9.96. The number of carbonyl (C=O) groups is 2. The van der Waals surface area contributed by atoms with Gasteiger partial charge in [-0.05, 0) is 54.5 Å². The van der Waals surface area contributed by atoms with Crippen LogP contribution in [-0.2, 0) is 22.4 Å². The van der Waals surface area contributed by atoms with E-state index >= 15 is 0 Å². The zero-order valence-electron chi connectivity index (χ0n) is 25.4. The summed E-state index contributed by atoms with van der Waals surface area (Å²) < 4.78 is 2.01. The molecule has 2 aliphatic rings. The summed E-state index contributed by atoms with van der Waals surface area (Å²) in [7, 11) is 0. The minimum Gasteiger partial charge on any atom is -0.361 e. The number of carbonyl (C=O) groups excluding carboxylic acids is 2. The highest BCUT2D eigenvalue weighted by atomic mass is 16.2. The molecule has 4 aromatic carbocycles. The molecule has 4 heterocycles. The van der Waals surface area contributed by atoms with Crippen LogP contribution in [0.3, 0.4) is 0 Å². The van der Waals surface area contributed by atoms with Crippen molar-refractivity contribution in [3.63, 3.8) is 0 Å². The monoisotopic (exact) mass is 606 g/mol. The van der Waals surface area contributed by atoms with Gasteiger partial charge in [0.25, 0.3) is 0 Å². The first-order valence-electron chi connectivity index (χ1n) is 15.9. The fourth-order valence-corrected chi connectivity index (χ4v) is 7.10. The third-order valence-electron chi connectivity index (χ3n) is 9.41. The smallest absolute Gasteiger partial charge is 0.242 e. The summed E-state index contributed by atoms with van der Waals surface area (Å²) in [5.41, 5.74) is 5.69. The van der Waals surface area contributed by atoms with E-state index in [1.54, 1.807) is 4.90 Å². The number of nitrogens with zero attached hydrogens (tertiary/aromatic N) is 5. The number of rotatable bonds is 7. The topological polar surface area (TPSA) is 87.1 Å². The predicted octanol–water partition coefficient (Wildman–Crippen LogP) is 6.18. The van der Waals surface area contributed by atoms with Crippen LogP contribution in [0.1, 0.15) is 29.3 Å². The molecule has 8 heteroatoms. The van der Waals surface area contributed by atoms with E-state index in [9.17, 15) is 9.59 Å². The molecule has 2 unspecified atom stereocenters. The molecule has 0 spiro atoms. The first kappa shape index (κ1) is 28.0. The first-order chi connectivity index (χ1) is 22.6. The average molecular weight is 607 g/mol. The number of hydrogen-bond acceptors (Lipinski definition) is 4. The molecular weight excluding hydrogens is 572 g/mol. The molecule has 0 bridgehead atoms. The first-order valence-corrected chi connectivity index (χ1v) is 15.9. The fraction of sp³-hybridized carbons (Fsp3) is 0.211. The van der Waals surface area contributed by atoms with E-state index in [1.165, 1.54) is 5.56 Å². The SMILES string of the molecule is O=C(CN1C(=O)C(Cc2c[nH]c3ccccc23)c2nnc(-c3ccccc3)n2-c2ccccc21)N1CCC(Cc2ccccc2)C1. The lowest BCUT2D eigenvalue weighted by Crippen LogP contribution is -2.44. The van der Waals surface area contributed by atoms with Crippen LogP contribution in [0.25, 0.3) is 28.0 Å². The van der Waals surface area contributed by atoms with Gasteiger partial charge in [-0.2, -0.15) is 0 Å². The second-order valence-corrected chi connectivity index (χ2v) is 12.3. The molecular formula is C38H34N6O2. The van der Waals surface area contributed by atoms with Crippen LogP contribution < -0.4 is 4.90 Å². The number of fused-ring (bicyclic) bond motifs is 4. The van der Waals surface area contributed by atoms with Crippen molar-refractivity contribution in [1.29, 1.82) is 0 Å². The van der Waals surface area contributed by atoms with Gasteiger partial charge in [-0.3, -0.25) is 14.2 Å². The Morgan fingerprint density at radius 2 is 1.52 bits per heavy atom. The van der Waals surface area contributed by atoms with Gasteiger partial charge < -0.3 is 14.8 Å². The number of aromatic nitrogens is 4. The van der Waals surface area contributed by atoms with Crippen molar-refractivity contribution in [2.75, 3.05) is 24.5 Å². The molecule has 1 N–H and O–H groups in total. The van der Waals surface area contributed by atoms with Crippen LogP contribution in [0.2, 0.25) is 0 Å². The molecule has 8 rings (SSSR count). The molecule has 1 saturated heterocycles. The van der Waals surface area contributed by atoms with Gasteiger partial charge in [0.15, 0.2) is 11.6 Å². The minimum atomic E-state index is -0.659. The van der Waals surface area contributed by atoms with E-state index in [-0.39, 0.29) is 18.4 Å². The molecule has 2 aromatic heterocycles. The third-order valence-corrected chi connectivity index (χ3v) is 9.41. The number of nitrogens with one attached hydrogen (secondary N) is 1. The number of hydrogen-bond donors (Lipinski definition) is 1. The summed E-state index contributed by atoms with van der Waals surface area (Å²) in [5.74, 6) is 0.783. The van der Waals surface area contributed by atoms with Crippen molar-refractivity contribution in [2.24, 2.45) is 5.92 Å². The van der Waals surface area contributed by atoms with E-state index in [4.69, 9.17) is 0 Å². The number of amides is 2. The quantitative estimate of drug-likeness (QED) is 0.235. The average Bonchev–Trinajstić information content (AvgIpc) is 3.84. The maximum Gasteiger partial charge on any atom is 0.242 e. The molecule has 8 nitrogen and oxygen atoms in total. The van der Waals surface area contributed by atoms with Crippen LogP contribution in [0.5, 0.6) is 0 Å². The fourth-order valence-electron chi connectivity index (χ4n) is 7.10. The summed E-state index contributed by atoms with van der Waals surface area (Å²) in [6.07, 6.45) is 4.29. The number of benzene rings is 4. The zero-order chi connectivity index (χ0) is 31.0. The van der Waals surface area contributed by atoms with Crippen LogP contribution >= 0.6 is 0 Å². The number of likely N-dealkylation sites (tertiary alicyclic amines) is 1. The van der Waals surface area contributed by atoms with Crippen LogP contribution in [0, 0.1) is 5.92 Å². The highest BCUT2D eigenvalue weighted by molar-refractivity contribution is 6.05. The molecule has 228 valence electrons. The summed E-state index contributed by atoms with van der Waals surface area (Å²) >= 11 is 0. The molecule has 2 amide bonds. The van der Waals surface area contributed by atoms with Crippen molar-refractivity contribution in [3.05, 3.63) is 132 Å². The number of anilines is 1. The van der Waals surface area contributed by atoms with Gasteiger partial charge in [-0.25, -0.2) is 0 Å². The third kappa shape index (κ3) is 5.05. The van der Waals surface area contributed by atoms with E-state index < -0.39 is 5.92 Å². The zero-order valence-corrected chi connectivity index (χ0v) is 25.4. The Labute approximate surface area is 267 Å². The number of para-hydroxylation sites is 3. The Hall–Kier alpha value is -5.50. The van der Waals surface area contributed by atoms with Crippen LogP contribution in [0.4, 0.5) is 5.69 Å². The summed E-state index contributed by atoms with van der Waals surface area (Å²) in [6, 6.07) is 36.2. The Kier molecular flexibility index (Phi) is 7.17. The van der Waals surface area contributed by atoms with E-state index in [0.717, 1.165) is 40.6 Å². The van der Waals surface area contributed by atoms with Gasteiger partial charge in [0.05, 0.1) is 11.4 Å². The standard InChI is InChI=1S/C38H34N6O2/c45-35(42-20-19-27(24-42)21-26-11-3-1-4-12-26)25-43-33-17-9-10-18-34(33)44-36(28-13-5-2-6-14-28)40-41-37(44)31(38(43)46)22-29-23-39-32-16-8-7-15-30(29)32/h1-18,23,27,31,39H,19-22,24-25H2. The highest BCUT2D eigenvalue weighted by Crippen LogP contribution is 2.39. The molecule has 2 aliphatic heterocycles. The molecule has 2 atom stereocenters. The maximum absolute atomic E-state index is 14.8. The van der Waals surface area contributed by atoms with E-state index in [2.05, 4.69) is 45.5 Å². The van der Waals surface area contributed by atoms with Crippen LogP contribution in [-0.4, -0.2) is 56.1 Å². The van der Waals surface area contributed by atoms with Gasteiger partial charge >= 0.3 is 0 Å². The Morgan fingerprint density at radius 1 is 0.804 bits per heavy atom. The highest BCUT2D eigenvalue weighted by Gasteiger charge is 2.39. The normalized spacial score (nSPS) is 17.6. The van der Waals surface area contributed by atoms with Gasteiger partial charge in [0.2, 0.25) is 11.8 Å². The van der Waals surface area contributed by atoms with Crippen molar-refractivity contribution in [3.8, 4) is 17.1 Å².